The van der Waals surface area contributed by atoms with Gasteiger partial charge in [0, 0.05) is 5.56 Å². The molecule has 0 aromatic heterocycles. The van der Waals surface area contributed by atoms with Crippen molar-refractivity contribution < 1.29 is 18.7 Å². The molecule has 0 saturated heterocycles. The van der Waals surface area contributed by atoms with Gasteiger partial charge in [0.15, 0.2) is 5.78 Å². The summed E-state index contributed by atoms with van der Waals surface area (Å²) in [7, 11) is 1.26. The van der Waals surface area contributed by atoms with Gasteiger partial charge in [-0.05, 0) is 37.0 Å². The zero-order valence-electron chi connectivity index (χ0n) is 9.53. The fourth-order valence-electron chi connectivity index (χ4n) is 2.18. The molecule has 0 spiro atoms. The summed E-state index contributed by atoms with van der Waals surface area (Å²) in [5, 5.41) is 0. The number of aryl methyl sites for hydroxylation is 1. The number of Topliss-reactive ketones (excluding diaryl/α,β-unsaturated/α-hetero) is 1. The number of benzene rings is 1. The van der Waals surface area contributed by atoms with Crippen molar-refractivity contribution in [2.75, 3.05) is 7.11 Å². The smallest absolute Gasteiger partial charge is 0.316 e. The minimum atomic E-state index is -0.789. The van der Waals surface area contributed by atoms with Crippen LogP contribution in [0.15, 0.2) is 18.2 Å². The molecule has 0 aliphatic heterocycles. The molecule has 0 radical (unpaired) electrons. The third-order valence-corrected chi connectivity index (χ3v) is 3.08. The Balaban J connectivity index is 2.41. The first-order valence-electron chi connectivity index (χ1n) is 5.54. The molecule has 3 nitrogen and oxygen atoms in total. The summed E-state index contributed by atoms with van der Waals surface area (Å²) in [5.74, 6) is -2.11. The minimum Gasteiger partial charge on any atom is -0.468 e. The molecule has 90 valence electrons. The summed E-state index contributed by atoms with van der Waals surface area (Å²) in [6.07, 6.45) is 1.88. The second-order valence-electron chi connectivity index (χ2n) is 4.13. The van der Waals surface area contributed by atoms with E-state index in [1.165, 1.54) is 19.2 Å². The first-order chi connectivity index (χ1) is 8.13. The lowest BCUT2D eigenvalue weighted by Gasteiger charge is -2.10. The zero-order chi connectivity index (χ0) is 12.4. The number of rotatable bonds is 1. The molecule has 4 heteroatoms. The van der Waals surface area contributed by atoms with Crippen LogP contribution in [0.3, 0.4) is 0 Å². The van der Waals surface area contributed by atoms with Crippen LogP contribution < -0.4 is 0 Å². The van der Waals surface area contributed by atoms with E-state index >= 15 is 0 Å². The number of carbonyl (C=O) groups is 2. The van der Waals surface area contributed by atoms with Gasteiger partial charge in [0.2, 0.25) is 0 Å². The van der Waals surface area contributed by atoms with Crippen LogP contribution >= 0.6 is 0 Å². The van der Waals surface area contributed by atoms with Gasteiger partial charge in [-0.3, -0.25) is 9.59 Å². The van der Waals surface area contributed by atoms with Gasteiger partial charge in [-0.2, -0.15) is 0 Å². The standard InChI is InChI=1S/C13H13FO3/c1-17-13(16)10-4-2-3-8-5-6-9(14)7-11(8)12(10)15/h5-7,10H,2-4H2,1H3. The van der Waals surface area contributed by atoms with Crippen LogP contribution in [-0.2, 0) is 16.0 Å². The number of halogens is 1. The van der Waals surface area contributed by atoms with E-state index in [-0.39, 0.29) is 5.78 Å². The molecule has 17 heavy (non-hydrogen) atoms. The lowest BCUT2D eigenvalue weighted by molar-refractivity contribution is -0.143. The van der Waals surface area contributed by atoms with E-state index in [2.05, 4.69) is 4.74 Å². The maximum atomic E-state index is 13.1. The van der Waals surface area contributed by atoms with Crippen molar-refractivity contribution in [2.45, 2.75) is 19.3 Å². The molecular formula is C13H13FO3. The van der Waals surface area contributed by atoms with Crippen LogP contribution in [0.4, 0.5) is 4.39 Å². The first-order valence-corrected chi connectivity index (χ1v) is 5.54. The fraction of sp³-hybridized carbons (Fsp3) is 0.385. The molecule has 2 rings (SSSR count). The number of fused-ring (bicyclic) bond motifs is 1. The molecule has 0 bridgehead atoms. The number of hydrogen-bond acceptors (Lipinski definition) is 3. The zero-order valence-corrected chi connectivity index (χ0v) is 9.53. The van der Waals surface area contributed by atoms with Crippen LogP contribution in [0.1, 0.15) is 28.8 Å². The highest BCUT2D eigenvalue weighted by Crippen LogP contribution is 2.26. The van der Waals surface area contributed by atoms with Crippen molar-refractivity contribution in [1.82, 2.24) is 0 Å². The lowest BCUT2D eigenvalue weighted by atomic mass is 9.95. The van der Waals surface area contributed by atoms with Crippen LogP contribution in [0.25, 0.3) is 0 Å². The lowest BCUT2D eigenvalue weighted by Crippen LogP contribution is -2.24. The van der Waals surface area contributed by atoms with Gasteiger partial charge in [0.1, 0.15) is 11.7 Å². The Morgan fingerprint density at radius 3 is 2.94 bits per heavy atom. The van der Waals surface area contributed by atoms with Crippen LogP contribution in [0.5, 0.6) is 0 Å². The van der Waals surface area contributed by atoms with Crippen molar-refractivity contribution in [2.24, 2.45) is 5.92 Å². The quantitative estimate of drug-likeness (QED) is 0.426. The molecule has 1 atom stereocenters. The Morgan fingerprint density at radius 1 is 1.47 bits per heavy atom. The van der Waals surface area contributed by atoms with Crippen molar-refractivity contribution in [3.05, 3.63) is 35.1 Å². The van der Waals surface area contributed by atoms with Gasteiger partial charge in [-0.1, -0.05) is 6.07 Å². The molecule has 1 unspecified atom stereocenters. The van der Waals surface area contributed by atoms with Gasteiger partial charge in [-0.25, -0.2) is 4.39 Å². The normalized spacial score (nSPS) is 19.4. The van der Waals surface area contributed by atoms with Gasteiger partial charge < -0.3 is 4.74 Å². The largest absolute Gasteiger partial charge is 0.468 e. The molecule has 1 aliphatic carbocycles. The van der Waals surface area contributed by atoms with E-state index in [1.807, 2.05) is 0 Å². The predicted octanol–water partition coefficient (Wildman–Crippen LogP) is 2.13. The third-order valence-electron chi connectivity index (χ3n) is 3.08. The summed E-state index contributed by atoms with van der Waals surface area (Å²) >= 11 is 0. The average Bonchev–Trinajstić information content (AvgIpc) is 2.49. The monoisotopic (exact) mass is 236 g/mol. The molecule has 0 saturated carbocycles. The molecule has 0 fully saturated rings. The second-order valence-corrected chi connectivity index (χ2v) is 4.13. The van der Waals surface area contributed by atoms with Gasteiger partial charge in [0.05, 0.1) is 7.11 Å². The summed E-state index contributed by atoms with van der Waals surface area (Å²) in [6, 6.07) is 4.16. The molecule has 1 aromatic rings. The van der Waals surface area contributed by atoms with E-state index in [1.54, 1.807) is 6.07 Å². The highest BCUT2D eigenvalue weighted by Gasteiger charge is 2.31. The second kappa shape index (κ2) is 4.65. The highest BCUT2D eigenvalue weighted by molar-refractivity contribution is 6.09. The van der Waals surface area contributed by atoms with E-state index in [0.717, 1.165) is 12.0 Å². The number of esters is 1. The summed E-state index contributed by atoms with van der Waals surface area (Å²) in [6.45, 7) is 0. The minimum absolute atomic E-state index is 0.318. The van der Waals surface area contributed by atoms with Crippen molar-refractivity contribution in [3.63, 3.8) is 0 Å². The molecule has 0 N–H and O–H groups in total. The molecule has 0 amide bonds. The third kappa shape index (κ3) is 2.20. The Hall–Kier alpha value is -1.71. The SMILES string of the molecule is COC(=O)C1CCCc2ccc(F)cc2C1=O. The molecule has 0 heterocycles. The van der Waals surface area contributed by atoms with Crippen LogP contribution in [-0.4, -0.2) is 18.9 Å². The van der Waals surface area contributed by atoms with E-state index in [0.29, 0.717) is 18.4 Å². The van der Waals surface area contributed by atoms with Crippen molar-refractivity contribution in [3.8, 4) is 0 Å². The maximum Gasteiger partial charge on any atom is 0.316 e. The summed E-state index contributed by atoms with van der Waals surface area (Å²) < 4.78 is 17.7. The molecule has 1 aliphatic rings. The number of ether oxygens (including phenoxy) is 1. The van der Waals surface area contributed by atoms with E-state index in [4.69, 9.17) is 0 Å². The van der Waals surface area contributed by atoms with Crippen LogP contribution in [0, 0.1) is 11.7 Å². The van der Waals surface area contributed by atoms with Gasteiger partial charge >= 0.3 is 5.97 Å². The Labute approximate surface area is 98.6 Å². The van der Waals surface area contributed by atoms with E-state index < -0.39 is 17.7 Å². The summed E-state index contributed by atoms with van der Waals surface area (Å²) in [4.78, 5) is 23.6. The number of methoxy groups -OCH3 is 1. The molecular weight excluding hydrogens is 223 g/mol. The number of carbonyl (C=O) groups excluding carboxylic acids is 2. The Kier molecular flexibility index (Phi) is 3.22. The van der Waals surface area contributed by atoms with Crippen LogP contribution in [0.2, 0.25) is 0 Å². The highest BCUT2D eigenvalue weighted by atomic mass is 19.1. The first kappa shape index (κ1) is 11.8. The molecule has 1 aromatic carbocycles. The Morgan fingerprint density at radius 2 is 2.24 bits per heavy atom. The topological polar surface area (TPSA) is 43.4 Å². The van der Waals surface area contributed by atoms with Gasteiger partial charge in [-0.15, -0.1) is 0 Å². The van der Waals surface area contributed by atoms with Gasteiger partial charge in [0.25, 0.3) is 0 Å². The van der Waals surface area contributed by atoms with E-state index in [9.17, 15) is 14.0 Å². The number of hydrogen-bond donors (Lipinski definition) is 0. The number of ketones is 1. The van der Waals surface area contributed by atoms with Crippen molar-refractivity contribution in [1.29, 1.82) is 0 Å². The summed E-state index contributed by atoms with van der Waals surface area (Å²) in [5.41, 5.74) is 1.13. The average molecular weight is 236 g/mol. The fourth-order valence-corrected chi connectivity index (χ4v) is 2.18. The van der Waals surface area contributed by atoms with Crippen molar-refractivity contribution >= 4 is 11.8 Å². The Bertz CT molecular complexity index is 468. The maximum absolute atomic E-state index is 13.1. The predicted molar refractivity (Wildman–Crippen MR) is 59.2 cm³/mol.